The number of fused-ring (bicyclic) bond motifs is 1. The fourth-order valence-electron chi connectivity index (χ4n) is 4.03. The fourth-order valence-corrected chi connectivity index (χ4v) is 4.03. The molecule has 2 saturated heterocycles. The SMILES string of the molecule is O=C1CN(C2CCN(c3ncnc4[nH]ncc34)CC2)C(=O)N1c1ccccc1. The molecule has 4 heterocycles. The van der Waals surface area contributed by atoms with Crippen LogP contribution in [0, 0.1) is 0 Å². The predicted octanol–water partition coefficient (Wildman–Crippen LogP) is 1.79. The molecular formula is C19H19N7O2. The molecule has 1 N–H and O–H groups in total. The van der Waals surface area contributed by atoms with Crippen molar-refractivity contribution >= 4 is 34.5 Å². The van der Waals surface area contributed by atoms with Crippen LogP contribution in [0.1, 0.15) is 12.8 Å². The highest BCUT2D eigenvalue weighted by molar-refractivity contribution is 6.19. The Labute approximate surface area is 161 Å². The number of urea groups is 1. The molecule has 9 heteroatoms. The number of hydrogen-bond donors (Lipinski definition) is 1. The number of anilines is 2. The van der Waals surface area contributed by atoms with Crippen LogP contribution in [0.4, 0.5) is 16.3 Å². The molecule has 9 nitrogen and oxygen atoms in total. The molecule has 3 aromatic rings. The summed E-state index contributed by atoms with van der Waals surface area (Å²) in [6, 6.07) is 8.91. The molecule has 5 rings (SSSR count). The minimum Gasteiger partial charge on any atom is -0.356 e. The number of amides is 3. The average Bonchev–Trinajstić information content (AvgIpc) is 3.33. The summed E-state index contributed by atoms with van der Waals surface area (Å²) in [5.74, 6) is 0.682. The normalized spacial score (nSPS) is 18.5. The van der Waals surface area contributed by atoms with E-state index in [0.717, 1.165) is 37.1 Å². The second-order valence-corrected chi connectivity index (χ2v) is 7.02. The number of piperidine rings is 1. The van der Waals surface area contributed by atoms with Crippen molar-refractivity contribution in [3.05, 3.63) is 42.9 Å². The van der Waals surface area contributed by atoms with Gasteiger partial charge in [0.15, 0.2) is 5.65 Å². The van der Waals surface area contributed by atoms with Gasteiger partial charge in [-0.05, 0) is 25.0 Å². The summed E-state index contributed by atoms with van der Waals surface area (Å²) < 4.78 is 0. The van der Waals surface area contributed by atoms with Crippen molar-refractivity contribution in [2.75, 3.05) is 29.4 Å². The number of H-pyrrole nitrogens is 1. The van der Waals surface area contributed by atoms with Gasteiger partial charge in [-0.25, -0.2) is 19.7 Å². The molecule has 0 saturated carbocycles. The van der Waals surface area contributed by atoms with E-state index in [1.807, 2.05) is 18.2 Å². The molecule has 2 fully saturated rings. The Kier molecular flexibility index (Phi) is 3.92. The van der Waals surface area contributed by atoms with Gasteiger partial charge >= 0.3 is 6.03 Å². The number of para-hydroxylation sites is 1. The van der Waals surface area contributed by atoms with E-state index in [0.29, 0.717) is 11.3 Å². The maximum atomic E-state index is 12.9. The fraction of sp³-hybridized carbons (Fsp3) is 0.316. The monoisotopic (exact) mass is 377 g/mol. The lowest BCUT2D eigenvalue weighted by Crippen LogP contribution is -2.46. The van der Waals surface area contributed by atoms with Gasteiger partial charge in [0.25, 0.3) is 5.91 Å². The molecule has 2 aliphatic rings. The van der Waals surface area contributed by atoms with Gasteiger partial charge in [0.05, 0.1) is 17.3 Å². The van der Waals surface area contributed by atoms with Crippen molar-refractivity contribution in [3.8, 4) is 0 Å². The summed E-state index contributed by atoms with van der Waals surface area (Å²) in [6.45, 7) is 1.65. The topological polar surface area (TPSA) is 98.3 Å². The van der Waals surface area contributed by atoms with Crippen molar-refractivity contribution in [1.82, 2.24) is 25.1 Å². The van der Waals surface area contributed by atoms with Gasteiger partial charge in [-0.15, -0.1) is 0 Å². The number of carbonyl (C=O) groups is 2. The van der Waals surface area contributed by atoms with Gasteiger partial charge in [0.1, 0.15) is 18.7 Å². The molecule has 0 bridgehead atoms. The van der Waals surface area contributed by atoms with Gasteiger partial charge in [0, 0.05) is 19.1 Å². The molecule has 0 unspecified atom stereocenters. The van der Waals surface area contributed by atoms with Crippen LogP contribution in [0.5, 0.6) is 0 Å². The van der Waals surface area contributed by atoms with E-state index in [1.54, 1.807) is 23.2 Å². The van der Waals surface area contributed by atoms with Crippen LogP contribution in [0.25, 0.3) is 11.0 Å². The highest BCUT2D eigenvalue weighted by atomic mass is 16.2. The summed E-state index contributed by atoms with van der Waals surface area (Å²) >= 11 is 0. The lowest BCUT2D eigenvalue weighted by Gasteiger charge is -2.36. The Hall–Kier alpha value is -3.49. The largest absolute Gasteiger partial charge is 0.356 e. The first-order chi connectivity index (χ1) is 13.7. The third-order valence-corrected chi connectivity index (χ3v) is 5.44. The standard InChI is InChI=1S/C19H19N7O2/c27-16-11-25(19(28)26(16)14-4-2-1-3-5-14)13-6-8-24(9-7-13)18-15-10-22-23-17(15)20-12-21-18/h1-5,10,12-13H,6-9,11H2,(H,20,21,22,23). The van der Waals surface area contributed by atoms with Crippen LogP contribution in [0.15, 0.2) is 42.9 Å². The van der Waals surface area contributed by atoms with E-state index in [2.05, 4.69) is 25.1 Å². The Morgan fingerprint density at radius 2 is 1.82 bits per heavy atom. The van der Waals surface area contributed by atoms with Crippen molar-refractivity contribution in [2.24, 2.45) is 0 Å². The van der Waals surface area contributed by atoms with Crippen LogP contribution in [-0.2, 0) is 4.79 Å². The Bertz CT molecular complexity index is 1030. The lowest BCUT2D eigenvalue weighted by atomic mass is 10.0. The van der Waals surface area contributed by atoms with Crippen molar-refractivity contribution in [3.63, 3.8) is 0 Å². The van der Waals surface area contributed by atoms with E-state index in [1.165, 1.54) is 11.2 Å². The average molecular weight is 377 g/mol. The quantitative estimate of drug-likeness (QED) is 0.699. The molecule has 28 heavy (non-hydrogen) atoms. The summed E-state index contributed by atoms with van der Waals surface area (Å²) in [4.78, 5) is 39.1. The third kappa shape index (κ3) is 2.67. The number of nitrogens with zero attached hydrogens (tertiary/aromatic N) is 6. The Morgan fingerprint density at radius 1 is 1.04 bits per heavy atom. The van der Waals surface area contributed by atoms with Gasteiger partial charge in [0.2, 0.25) is 0 Å². The summed E-state index contributed by atoms with van der Waals surface area (Å²) in [5.41, 5.74) is 1.34. The van der Waals surface area contributed by atoms with Crippen LogP contribution in [0.2, 0.25) is 0 Å². The van der Waals surface area contributed by atoms with E-state index >= 15 is 0 Å². The van der Waals surface area contributed by atoms with E-state index in [9.17, 15) is 9.59 Å². The van der Waals surface area contributed by atoms with Gasteiger partial charge in [-0.1, -0.05) is 18.2 Å². The molecule has 0 aliphatic carbocycles. The highest BCUT2D eigenvalue weighted by Crippen LogP contribution is 2.29. The third-order valence-electron chi connectivity index (χ3n) is 5.44. The zero-order valence-corrected chi connectivity index (χ0v) is 15.2. The minimum absolute atomic E-state index is 0.0445. The molecule has 0 atom stereocenters. The molecule has 142 valence electrons. The maximum absolute atomic E-state index is 12.9. The number of aromatic nitrogens is 4. The first kappa shape index (κ1) is 16.7. The lowest BCUT2D eigenvalue weighted by molar-refractivity contribution is -0.116. The zero-order chi connectivity index (χ0) is 19.1. The van der Waals surface area contributed by atoms with Crippen LogP contribution in [0.3, 0.4) is 0 Å². The Balaban J connectivity index is 1.30. The molecule has 2 aliphatic heterocycles. The van der Waals surface area contributed by atoms with Crippen molar-refractivity contribution in [1.29, 1.82) is 0 Å². The number of benzene rings is 1. The number of nitrogens with one attached hydrogen (secondary N) is 1. The van der Waals surface area contributed by atoms with Crippen LogP contribution < -0.4 is 9.80 Å². The zero-order valence-electron chi connectivity index (χ0n) is 15.2. The van der Waals surface area contributed by atoms with Crippen molar-refractivity contribution in [2.45, 2.75) is 18.9 Å². The second-order valence-electron chi connectivity index (χ2n) is 7.02. The van der Waals surface area contributed by atoms with Crippen LogP contribution >= 0.6 is 0 Å². The number of imide groups is 1. The van der Waals surface area contributed by atoms with Gasteiger partial charge < -0.3 is 9.80 Å². The van der Waals surface area contributed by atoms with Crippen molar-refractivity contribution < 1.29 is 9.59 Å². The molecule has 1 aromatic carbocycles. The number of hydrogen-bond acceptors (Lipinski definition) is 6. The number of carbonyl (C=O) groups excluding carboxylic acids is 2. The maximum Gasteiger partial charge on any atom is 0.332 e. The molecule has 2 aromatic heterocycles. The summed E-state index contributed by atoms with van der Waals surface area (Å²) in [7, 11) is 0. The molecule has 3 amide bonds. The summed E-state index contributed by atoms with van der Waals surface area (Å²) in [5, 5.41) is 7.79. The summed E-state index contributed by atoms with van der Waals surface area (Å²) in [6.07, 6.45) is 4.83. The number of aromatic amines is 1. The predicted molar refractivity (Wildman–Crippen MR) is 103 cm³/mol. The van der Waals surface area contributed by atoms with E-state index in [4.69, 9.17) is 0 Å². The van der Waals surface area contributed by atoms with E-state index < -0.39 is 0 Å². The highest BCUT2D eigenvalue weighted by Gasteiger charge is 2.41. The molecule has 0 spiro atoms. The van der Waals surface area contributed by atoms with Gasteiger partial charge in [-0.3, -0.25) is 9.89 Å². The van der Waals surface area contributed by atoms with Gasteiger partial charge in [-0.2, -0.15) is 5.10 Å². The second kappa shape index (κ2) is 6.59. The smallest absolute Gasteiger partial charge is 0.332 e. The first-order valence-corrected chi connectivity index (χ1v) is 9.30. The van der Waals surface area contributed by atoms with Crippen LogP contribution in [-0.4, -0.2) is 62.7 Å². The first-order valence-electron chi connectivity index (χ1n) is 9.30. The Morgan fingerprint density at radius 3 is 2.61 bits per heavy atom. The van der Waals surface area contributed by atoms with E-state index in [-0.39, 0.29) is 24.5 Å². The number of rotatable bonds is 3. The molecule has 0 radical (unpaired) electrons. The molecular weight excluding hydrogens is 358 g/mol. The minimum atomic E-state index is -0.228.